The van der Waals surface area contributed by atoms with Crippen LogP contribution in [0.15, 0.2) is 6.20 Å². The minimum Gasteiger partial charge on any atom is -0.385 e. The SMILES string of the molecule is COCCCNc1nncc(N2CCOCC2)n1. The van der Waals surface area contributed by atoms with Crippen molar-refractivity contribution in [2.45, 2.75) is 6.42 Å². The fourth-order valence-corrected chi connectivity index (χ4v) is 1.73. The maximum absolute atomic E-state index is 5.31. The van der Waals surface area contributed by atoms with Crippen LogP contribution >= 0.6 is 0 Å². The fraction of sp³-hybridized carbons (Fsp3) is 0.727. The zero-order valence-electron chi connectivity index (χ0n) is 10.6. The smallest absolute Gasteiger partial charge is 0.244 e. The summed E-state index contributed by atoms with van der Waals surface area (Å²) in [6.07, 6.45) is 2.60. The third-order valence-electron chi connectivity index (χ3n) is 2.69. The molecule has 2 heterocycles. The molecule has 0 radical (unpaired) electrons. The van der Waals surface area contributed by atoms with E-state index in [1.54, 1.807) is 13.3 Å². The van der Waals surface area contributed by atoms with Gasteiger partial charge >= 0.3 is 0 Å². The topological polar surface area (TPSA) is 72.4 Å². The molecule has 0 aromatic carbocycles. The van der Waals surface area contributed by atoms with Crippen LogP contribution in [0.1, 0.15) is 6.42 Å². The highest BCUT2D eigenvalue weighted by atomic mass is 16.5. The normalized spacial score (nSPS) is 15.7. The lowest BCUT2D eigenvalue weighted by Crippen LogP contribution is -2.37. The summed E-state index contributed by atoms with van der Waals surface area (Å²) in [6.45, 7) is 4.68. The molecule has 0 saturated carbocycles. The van der Waals surface area contributed by atoms with Crippen molar-refractivity contribution in [3.8, 4) is 0 Å². The standard InChI is InChI=1S/C11H19N5O2/c1-17-6-2-3-12-11-14-10(9-13-15-11)16-4-7-18-8-5-16/h9H,2-8H2,1H3,(H,12,14,15). The largest absolute Gasteiger partial charge is 0.385 e. The number of hydrogen-bond donors (Lipinski definition) is 1. The molecule has 0 bridgehead atoms. The fourth-order valence-electron chi connectivity index (χ4n) is 1.73. The Kier molecular flexibility index (Phi) is 5.10. The van der Waals surface area contributed by atoms with Crippen molar-refractivity contribution in [3.63, 3.8) is 0 Å². The lowest BCUT2D eigenvalue weighted by atomic mass is 10.4. The zero-order chi connectivity index (χ0) is 12.6. The van der Waals surface area contributed by atoms with E-state index in [9.17, 15) is 0 Å². The van der Waals surface area contributed by atoms with E-state index in [2.05, 4.69) is 25.4 Å². The van der Waals surface area contributed by atoms with Gasteiger partial charge in [-0.3, -0.25) is 0 Å². The Morgan fingerprint density at radius 3 is 3.06 bits per heavy atom. The molecular formula is C11H19N5O2. The summed E-state index contributed by atoms with van der Waals surface area (Å²) in [5.41, 5.74) is 0. The lowest BCUT2D eigenvalue weighted by Gasteiger charge is -2.27. The van der Waals surface area contributed by atoms with Gasteiger partial charge in [0.1, 0.15) is 0 Å². The summed E-state index contributed by atoms with van der Waals surface area (Å²) in [4.78, 5) is 6.59. The molecule has 1 aromatic rings. The second kappa shape index (κ2) is 7.07. The van der Waals surface area contributed by atoms with Crippen LogP contribution in [-0.4, -0.2) is 61.7 Å². The number of anilines is 2. The molecule has 2 rings (SSSR count). The van der Waals surface area contributed by atoms with Gasteiger partial charge in [-0.1, -0.05) is 0 Å². The third kappa shape index (κ3) is 3.78. The Balaban J connectivity index is 1.88. The second-order valence-corrected chi connectivity index (χ2v) is 4.01. The Bertz CT molecular complexity index is 357. The van der Waals surface area contributed by atoms with Crippen molar-refractivity contribution in [1.29, 1.82) is 0 Å². The predicted octanol–water partition coefficient (Wildman–Crippen LogP) is 0.157. The number of nitrogens with one attached hydrogen (secondary N) is 1. The van der Waals surface area contributed by atoms with Gasteiger partial charge in [-0.05, 0) is 6.42 Å². The van der Waals surface area contributed by atoms with Gasteiger partial charge in [0.2, 0.25) is 5.95 Å². The number of aromatic nitrogens is 3. The highest BCUT2D eigenvalue weighted by molar-refractivity contribution is 5.40. The van der Waals surface area contributed by atoms with Crippen molar-refractivity contribution in [2.75, 3.05) is 56.8 Å². The lowest BCUT2D eigenvalue weighted by molar-refractivity contribution is 0.122. The van der Waals surface area contributed by atoms with Gasteiger partial charge in [-0.25, -0.2) is 0 Å². The van der Waals surface area contributed by atoms with Crippen molar-refractivity contribution >= 4 is 11.8 Å². The molecule has 1 fully saturated rings. The molecule has 0 amide bonds. The van der Waals surface area contributed by atoms with Crippen molar-refractivity contribution in [3.05, 3.63) is 6.20 Å². The second-order valence-electron chi connectivity index (χ2n) is 4.01. The van der Waals surface area contributed by atoms with E-state index in [1.807, 2.05) is 0 Å². The van der Waals surface area contributed by atoms with Gasteiger partial charge in [0.05, 0.1) is 19.4 Å². The van der Waals surface area contributed by atoms with E-state index < -0.39 is 0 Å². The molecule has 0 atom stereocenters. The van der Waals surface area contributed by atoms with Crippen LogP contribution in [0.25, 0.3) is 0 Å². The van der Waals surface area contributed by atoms with E-state index in [4.69, 9.17) is 9.47 Å². The molecule has 1 aromatic heterocycles. The summed E-state index contributed by atoms with van der Waals surface area (Å²) >= 11 is 0. The average Bonchev–Trinajstić information content (AvgIpc) is 2.45. The van der Waals surface area contributed by atoms with Crippen molar-refractivity contribution < 1.29 is 9.47 Å². The molecule has 0 aliphatic carbocycles. The number of hydrogen-bond acceptors (Lipinski definition) is 7. The van der Waals surface area contributed by atoms with Crippen LogP contribution in [0, 0.1) is 0 Å². The van der Waals surface area contributed by atoms with E-state index in [0.717, 1.165) is 51.7 Å². The van der Waals surface area contributed by atoms with Crippen LogP contribution < -0.4 is 10.2 Å². The van der Waals surface area contributed by atoms with E-state index in [-0.39, 0.29) is 0 Å². The number of rotatable bonds is 6. The Labute approximate surface area is 107 Å². The maximum Gasteiger partial charge on any atom is 0.244 e. The number of nitrogens with zero attached hydrogens (tertiary/aromatic N) is 4. The minimum atomic E-state index is 0.565. The van der Waals surface area contributed by atoms with Crippen LogP contribution in [-0.2, 0) is 9.47 Å². The van der Waals surface area contributed by atoms with Crippen LogP contribution in [0.4, 0.5) is 11.8 Å². The van der Waals surface area contributed by atoms with E-state index in [0.29, 0.717) is 5.95 Å². The van der Waals surface area contributed by atoms with Gasteiger partial charge in [0, 0.05) is 33.4 Å². The Morgan fingerprint density at radius 1 is 1.44 bits per heavy atom. The summed E-state index contributed by atoms with van der Waals surface area (Å²) in [7, 11) is 1.69. The number of morpholine rings is 1. The first kappa shape index (κ1) is 13.0. The first-order valence-corrected chi connectivity index (χ1v) is 6.15. The highest BCUT2D eigenvalue weighted by Gasteiger charge is 2.13. The van der Waals surface area contributed by atoms with Crippen LogP contribution in [0.3, 0.4) is 0 Å². The molecule has 0 unspecified atom stereocenters. The molecule has 1 aliphatic rings. The third-order valence-corrected chi connectivity index (χ3v) is 2.69. The van der Waals surface area contributed by atoms with Gasteiger partial charge in [0.25, 0.3) is 0 Å². The molecule has 1 saturated heterocycles. The minimum absolute atomic E-state index is 0.565. The summed E-state index contributed by atoms with van der Waals surface area (Å²) in [5, 5.41) is 11.1. The summed E-state index contributed by atoms with van der Waals surface area (Å²) in [5.74, 6) is 1.41. The molecule has 7 heteroatoms. The maximum atomic E-state index is 5.31. The Hall–Kier alpha value is -1.47. The predicted molar refractivity (Wildman–Crippen MR) is 67.8 cm³/mol. The van der Waals surface area contributed by atoms with Gasteiger partial charge in [-0.2, -0.15) is 10.1 Å². The Morgan fingerprint density at radius 2 is 2.28 bits per heavy atom. The first-order valence-electron chi connectivity index (χ1n) is 6.15. The van der Waals surface area contributed by atoms with E-state index in [1.165, 1.54) is 0 Å². The van der Waals surface area contributed by atoms with Crippen LogP contribution in [0.5, 0.6) is 0 Å². The van der Waals surface area contributed by atoms with Crippen molar-refractivity contribution in [1.82, 2.24) is 15.2 Å². The molecule has 100 valence electrons. The molecule has 0 spiro atoms. The summed E-state index contributed by atoms with van der Waals surface area (Å²) in [6, 6.07) is 0. The average molecular weight is 253 g/mol. The number of methoxy groups -OCH3 is 1. The first-order chi connectivity index (χ1) is 8.90. The van der Waals surface area contributed by atoms with Crippen molar-refractivity contribution in [2.24, 2.45) is 0 Å². The highest BCUT2D eigenvalue weighted by Crippen LogP contribution is 2.12. The molecule has 1 N–H and O–H groups in total. The summed E-state index contributed by atoms with van der Waals surface area (Å²) < 4.78 is 10.3. The molecule has 18 heavy (non-hydrogen) atoms. The number of ether oxygens (including phenoxy) is 2. The monoisotopic (exact) mass is 253 g/mol. The van der Waals surface area contributed by atoms with Gasteiger partial charge in [0.15, 0.2) is 5.82 Å². The molecular weight excluding hydrogens is 234 g/mol. The zero-order valence-corrected chi connectivity index (χ0v) is 10.6. The van der Waals surface area contributed by atoms with Gasteiger partial charge in [-0.15, -0.1) is 5.10 Å². The van der Waals surface area contributed by atoms with Gasteiger partial charge < -0.3 is 19.7 Å². The van der Waals surface area contributed by atoms with E-state index >= 15 is 0 Å². The quantitative estimate of drug-likeness (QED) is 0.724. The molecule has 7 nitrogen and oxygen atoms in total. The molecule has 1 aliphatic heterocycles. The van der Waals surface area contributed by atoms with Crippen LogP contribution in [0.2, 0.25) is 0 Å².